The van der Waals surface area contributed by atoms with Crippen LogP contribution in [0.3, 0.4) is 0 Å². The number of likely N-dealkylation sites (tertiary alicyclic amines) is 1. The number of carbonyl (C=O) groups excluding carboxylic acids is 1. The van der Waals surface area contributed by atoms with Crippen molar-refractivity contribution in [2.45, 2.75) is 58.0 Å². The van der Waals surface area contributed by atoms with E-state index in [4.69, 9.17) is 0 Å². The van der Waals surface area contributed by atoms with Gasteiger partial charge >= 0.3 is 5.97 Å². The molecule has 0 aliphatic carbocycles. The van der Waals surface area contributed by atoms with E-state index in [1.807, 2.05) is 29.4 Å². The molecule has 1 aliphatic heterocycles. The first-order valence-corrected chi connectivity index (χ1v) is 9.19. The van der Waals surface area contributed by atoms with Crippen molar-refractivity contribution in [3.63, 3.8) is 0 Å². The van der Waals surface area contributed by atoms with Crippen molar-refractivity contribution in [1.82, 2.24) is 19.4 Å². The molecule has 0 bridgehead atoms. The maximum Gasteiger partial charge on any atom is 0.326 e. The Labute approximate surface area is 153 Å². The summed E-state index contributed by atoms with van der Waals surface area (Å²) in [6.45, 7) is 5.62. The Balaban J connectivity index is 2.04. The second-order valence-electron chi connectivity index (χ2n) is 7.22. The molecule has 0 spiro atoms. The van der Waals surface area contributed by atoms with Gasteiger partial charge in [0, 0.05) is 12.1 Å². The van der Waals surface area contributed by atoms with Gasteiger partial charge < -0.3 is 14.5 Å². The Bertz CT molecular complexity index is 810. The number of rotatable bonds is 7. The number of aliphatic carboxylic acids is 1. The summed E-state index contributed by atoms with van der Waals surface area (Å²) >= 11 is 0. The number of carboxylic acids is 1. The normalized spacial score (nSPS) is 17.9. The molecule has 0 radical (unpaired) electrons. The van der Waals surface area contributed by atoms with E-state index in [-0.39, 0.29) is 19.4 Å². The molecule has 2 aromatic rings. The molecule has 1 atom stereocenters. The predicted octanol–water partition coefficient (Wildman–Crippen LogP) is 2.34. The Hall–Kier alpha value is -2.28. The summed E-state index contributed by atoms with van der Waals surface area (Å²) in [4.78, 5) is 34.5. The zero-order valence-corrected chi connectivity index (χ0v) is 15.4. The van der Waals surface area contributed by atoms with Gasteiger partial charge in [-0.2, -0.15) is 0 Å². The molecule has 0 saturated carbocycles. The van der Waals surface area contributed by atoms with E-state index in [9.17, 15) is 14.7 Å². The van der Waals surface area contributed by atoms with Crippen LogP contribution >= 0.6 is 0 Å². The number of fused-ring (bicyclic) bond motifs is 1. The monoisotopic (exact) mass is 358 g/mol. The fourth-order valence-electron chi connectivity index (χ4n) is 4.02. The number of aldehydes is 1. The van der Waals surface area contributed by atoms with Crippen molar-refractivity contribution in [2.75, 3.05) is 13.1 Å². The summed E-state index contributed by atoms with van der Waals surface area (Å²) in [6.07, 6.45) is 6.08. The molecule has 1 aliphatic rings. The van der Waals surface area contributed by atoms with Crippen LogP contribution in [0.15, 0.2) is 12.4 Å². The fourth-order valence-corrected chi connectivity index (χ4v) is 4.02. The number of carboxylic acid groups (broad SMARTS) is 1. The molecule has 1 unspecified atom stereocenters. The SMILES string of the molecule is Cc1cc(C)c2ncn(CC(CCC=O)(C(=O)O)N3CCCCC3)c2n1. The van der Waals surface area contributed by atoms with Crippen LogP contribution in [-0.4, -0.2) is 55.4 Å². The van der Waals surface area contributed by atoms with Gasteiger partial charge in [0.15, 0.2) is 5.65 Å². The molecule has 1 saturated heterocycles. The third-order valence-corrected chi connectivity index (χ3v) is 5.36. The minimum atomic E-state index is -1.12. The van der Waals surface area contributed by atoms with Crippen molar-refractivity contribution in [2.24, 2.45) is 0 Å². The molecule has 3 heterocycles. The van der Waals surface area contributed by atoms with Crippen LogP contribution < -0.4 is 0 Å². The quantitative estimate of drug-likeness (QED) is 0.764. The lowest BCUT2D eigenvalue weighted by atomic mass is 9.89. The lowest BCUT2D eigenvalue weighted by Crippen LogP contribution is -2.58. The van der Waals surface area contributed by atoms with Gasteiger partial charge in [0.05, 0.1) is 12.9 Å². The average molecular weight is 358 g/mol. The predicted molar refractivity (Wildman–Crippen MR) is 98.1 cm³/mol. The Morgan fingerprint density at radius 3 is 2.69 bits per heavy atom. The summed E-state index contributed by atoms with van der Waals surface area (Å²) in [5, 5.41) is 10.2. The van der Waals surface area contributed by atoms with Crippen molar-refractivity contribution in [1.29, 1.82) is 0 Å². The van der Waals surface area contributed by atoms with Gasteiger partial charge in [0.25, 0.3) is 0 Å². The van der Waals surface area contributed by atoms with E-state index in [0.29, 0.717) is 5.65 Å². The highest BCUT2D eigenvalue weighted by Crippen LogP contribution is 2.29. The molecule has 2 aromatic heterocycles. The van der Waals surface area contributed by atoms with Gasteiger partial charge in [0.1, 0.15) is 17.3 Å². The molecular formula is C19H26N4O3. The van der Waals surface area contributed by atoms with Crippen LogP contribution in [0.1, 0.15) is 43.4 Å². The topological polar surface area (TPSA) is 88.3 Å². The number of aromatic nitrogens is 3. The smallest absolute Gasteiger partial charge is 0.326 e. The third kappa shape index (κ3) is 3.35. The highest BCUT2D eigenvalue weighted by molar-refractivity contribution is 5.80. The number of hydrogen-bond acceptors (Lipinski definition) is 5. The summed E-state index contributed by atoms with van der Waals surface area (Å²) in [7, 11) is 0. The fraction of sp³-hybridized carbons (Fsp3) is 0.579. The van der Waals surface area contributed by atoms with Crippen molar-refractivity contribution >= 4 is 23.4 Å². The molecule has 3 rings (SSSR count). The van der Waals surface area contributed by atoms with Crippen LogP contribution in [-0.2, 0) is 16.1 Å². The van der Waals surface area contributed by atoms with Gasteiger partial charge in [-0.3, -0.25) is 9.69 Å². The first-order valence-electron chi connectivity index (χ1n) is 9.19. The van der Waals surface area contributed by atoms with E-state index in [0.717, 1.165) is 55.4 Å². The number of carbonyl (C=O) groups is 2. The van der Waals surface area contributed by atoms with E-state index < -0.39 is 11.5 Å². The average Bonchev–Trinajstić information content (AvgIpc) is 3.02. The minimum Gasteiger partial charge on any atom is -0.480 e. The molecule has 7 heteroatoms. The van der Waals surface area contributed by atoms with Crippen molar-refractivity contribution < 1.29 is 14.7 Å². The lowest BCUT2D eigenvalue weighted by molar-refractivity contribution is -0.154. The van der Waals surface area contributed by atoms with Gasteiger partial charge in [-0.25, -0.2) is 9.97 Å². The number of hydrogen-bond donors (Lipinski definition) is 1. The van der Waals surface area contributed by atoms with Gasteiger partial charge in [0.2, 0.25) is 0 Å². The second-order valence-corrected chi connectivity index (χ2v) is 7.22. The second kappa shape index (κ2) is 7.53. The van der Waals surface area contributed by atoms with Gasteiger partial charge in [-0.05, 0) is 57.8 Å². The lowest BCUT2D eigenvalue weighted by Gasteiger charge is -2.42. The Morgan fingerprint density at radius 1 is 1.31 bits per heavy atom. The molecule has 0 aromatic carbocycles. The summed E-state index contributed by atoms with van der Waals surface area (Å²) < 4.78 is 1.84. The first-order chi connectivity index (χ1) is 12.5. The largest absolute Gasteiger partial charge is 0.480 e. The van der Waals surface area contributed by atoms with Crippen LogP contribution in [0.2, 0.25) is 0 Å². The summed E-state index contributed by atoms with van der Waals surface area (Å²) in [6, 6.07) is 1.97. The number of piperidine rings is 1. The Kier molecular flexibility index (Phi) is 5.36. The van der Waals surface area contributed by atoms with Crippen LogP contribution in [0, 0.1) is 13.8 Å². The van der Waals surface area contributed by atoms with Crippen LogP contribution in [0.25, 0.3) is 11.2 Å². The van der Waals surface area contributed by atoms with E-state index >= 15 is 0 Å². The standard InChI is InChI=1S/C19H26N4O3/c1-14-11-15(2)21-17-16(14)20-13-22(17)12-19(18(25)26,7-6-10-24)23-8-4-3-5-9-23/h10-11,13H,3-9,12H2,1-2H3,(H,25,26). The van der Waals surface area contributed by atoms with E-state index in [1.54, 1.807) is 6.33 Å². The molecule has 1 fully saturated rings. The van der Waals surface area contributed by atoms with Crippen molar-refractivity contribution in [3.05, 3.63) is 23.7 Å². The van der Waals surface area contributed by atoms with E-state index in [2.05, 4.69) is 9.97 Å². The number of aryl methyl sites for hydroxylation is 2. The zero-order valence-electron chi connectivity index (χ0n) is 15.4. The number of imidazole rings is 1. The first kappa shape index (κ1) is 18.5. The number of nitrogens with zero attached hydrogens (tertiary/aromatic N) is 4. The van der Waals surface area contributed by atoms with Gasteiger partial charge in [-0.15, -0.1) is 0 Å². The highest BCUT2D eigenvalue weighted by Gasteiger charge is 2.44. The minimum absolute atomic E-state index is 0.223. The molecule has 140 valence electrons. The van der Waals surface area contributed by atoms with Crippen LogP contribution in [0.4, 0.5) is 0 Å². The molecular weight excluding hydrogens is 332 g/mol. The molecule has 0 amide bonds. The third-order valence-electron chi connectivity index (χ3n) is 5.36. The zero-order chi connectivity index (χ0) is 18.7. The summed E-state index contributed by atoms with van der Waals surface area (Å²) in [5.41, 5.74) is 2.29. The molecule has 7 nitrogen and oxygen atoms in total. The van der Waals surface area contributed by atoms with E-state index in [1.165, 1.54) is 0 Å². The van der Waals surface area contributed by atoms with Crippen molar-refractivity contribution in [3.8, 4) is 0 Å². The molecule has 1 N–H and O–H groups in total. The number of pyridine rings is 1. The molecule has 26 heavy (non-hydrogen) atoms. The highest BCUT2D eigenvalue weighted by atomic mass is 16.4. The maximum absolute atomic E-state index is 12.4. The van der Waals surface area contributed by atoms with Gasteiger partial charge in [-0.1, -0.05) is 6.42 Å². The maximum atomic E-state index is 12.4. The van der Waals surface area contributed by atoms with Crippen LogP contribution in [0.5, 0.6) is 0 Å². The summed E-state index contributed by atoms with van der Waals surface area (Å²) in [5.74, 6) is -0.882. The Morgan fingerprint density at radius 2 is 2.04 bits per heavy atom.